The number of rotatable bonds is 4. The third-order valence-electron chi connectivity index (χ3n) is 2.68. The number of nitrogen functional groups attached to an aromatic ring is 1. The Labute approximate surface area is 116 Å². The molecule has 0 heterocycles. The lowest BCUT2D eigenvalue weighted by molar-refractivity contribution is 0.102. The molecule has 5 heteroatoms. The molecule has 0 atom stereocenters. The Kier molecular flexibility index (Phi) is 4.20. The van der Waals surface area contributed by atoms with Crippen LogP contribution in [0, 0.1) is 5.82 Å². The van der Waals surface area contributed by atoms with Crippen LogP contribution in [0.2, 0.25) is 0 Å². The number of carbonyl (C=O) groups is 1. The van der Waals surface area contributed by atoms with Crippen LogP contribution in [-0.2, 0) is 0 Å². The number of hydrogen-bond acceptors (Lipinski definition) is 3. The fourth-order valence-corrected chi connectivity index (χ4v) is 1.77. The molecule has 0 aromatic heterocycles. The van der Waals surface area contributed by atoms with E-state index in [2.05, 4.69) is 5.32 Å². The zero-order chi connectivity index (χ0) is 14.5. The van der Waals surface area contributed by atoms with Crippen molar-refractivity contribution >= 4 is 17.3 Å². The maximum Gasteiger partial charge on any atom is 0.259 e. The minimum Gasteiger partial charge on any atom is -0.491 e. The summed E-state index contributed by atoms with van der Waals surface area (Å²) in [7, 11) is 0. The van der Waals surface area contributed by atoms with Crippen molar-refractivity contribution in [3.63, 3.8) is 0 Å². The zero-order valence-corrected chi connectivity index (χ0v) is 11.0. The molecule has 4 nitrogen and oxygen atoms in total. The molecular formula is C15H15FN2O2. The molecule has 0 radical (unpaired) electrons. The van der Waals surface area contributed by atoms with Crippen LogP contribution in [0.5, 0.6) is 5.75 Å². The van der Waals surface area contributed by atoms with Gasteiger partial charge in [0.1, 0.15) is 5.82 Å². The van der Waals surface area contributed by atoms with Gasteiger partial charge in [0.2, 0.25) is 0 Å². The lowest BCUT2D eigenvalue weighted by Gasteiger charge is -2.12. The van der Waals surface area contributed by atoms with Crippen molar-refractivity contribution in [3.05, 3.63) is 53.8 Å². The summed E-state index contributed by atoms with van der Waals surface area (Å²) in [6.07, 6.45) is 0. The molecule has 0 unspecified atom stereocenters. The average Bonchev–Trinajstić information content (AvgIpc) is 2.43. The third kappa shape index (κ3) is 3.06. The molecule has 2 aromatic carbocycles. The molecule has 104 valence electrons. The summed E-state index contributed by atoms with van der Waals surface area (Å²) in [6, 6.07) is 10.5. The van der Waals surface area contributed by atoms with Crippen LogP contribution in [0.25, 0.3) is 0 Å². The highest BCUT2D eigenvalue weighted by Crippen LogP contribution is 2.27. The monoisotopic (exact) mass is 274 g/mol. The topological polar surface area (TPSA) is 64.3 Å². The standard InChI is InChI=1S/C15H15FN2O2/c1-2-20-14-12(4-3-5-13(14)17)15(19)18-11-8-6-10(16)7-9-11/h3-9H,2,17H2,1H3,(H,18,19). The van der Waals surface area contributed by atoms with E-state index in [1.54, 1.807) is 18.2 Å². The first kappa shape index (κ1) is 13.9. The van der Waals surface area contributed by atoms with Gasteiger partial charge in [-0.1, -0.05) is 6.07 Å². The fraction of sp³-hybridized carbons (Fsp3) is 0.133. The van der Waals surface area contributed by atoms with Gasteiger partial charge in [0.05, 0.1) is 17.9 Å². The first-order valence-electron chi connectivity index (χ1n) is 6.20. The molecule has 0 fully saturated rings. The number of halogens is 1. The first-order chi connectivity index (χ1) is 9.61. The summed E-state index contributed by atoms with van der Waals surface area (Å²) in [5.74, 6) is -0.357. The maximum absolute atomic E-state index is 12.8. The van der Waals surface area contributed by atoms with E-state index >= 15 is 0 Å². The van der Waals surface area contributed by atoms with E-state index in [1.807, 2.05) is 6.92 Å². The van der Waals surface area contributed by atoms with E-state index < -0.39 is 0 Å². The Bertz CT molecular complexity index is 612. The Morgan fingerprint density at radius 1 is 1.25 bits per heavy atom. The Morgan fingerprint density at radius 3 is 2.60 bits per heavy atom. The number of ether oxygens (including phenoxy) is 1. The van der Waals surface area contributed by atoms with Crippen LogP contribution >= 0.6 is 0 Å². The van der Waals surface area contributed by atoms with Crippen molar-refractivity contribution in [1.82, 2.24) is 0 Å². The second-order valence-corrected chi connectivity index (χ2v) is 4.12. The van der Waals surface area contributed by atoms with Gasteiger partial charge in [-0.15, -0.1) is 0 Å². The molecule has 0 bridgehead atoms. The van der Waals surface area contributed by atoms with Crippen LogP contribution in [0.3, 0.4) is 0 Å². The molecular weight excluding hydrogens is 259 g/mol. The predicted molar refractivity (Wildman–Crippen MR) is 76.4 cm³/mol. The SMILES string of the molecule is CCOc1c(N)cccc1C(=O)Nc1ccc(F)cc1. The van der Waals surface area contributed by atoms with Crippen LogP contribution < -0.4 is 15.8 Å². The summed E-state index contributed by atoms with van der Waals surface area (Å²) in [6.45, 7) is 2.22. The second kappa shape index (κ2) is 6.06. The van der Waals surface area contributed by atoms with Gasteiger partial charge in [0.25, 0.3) is 5.91 Å². The predicted octanol–water partition coefficient (Wildman–Crippen LogP) is 3.06. The van der Waals surface area contributed by atoms with Crippen molar-refractivity contribution < 1.29 is 13.9 Å². The van der Waals surface area contributed by atoms with E-state index in [9.17, 15) is 9.18 Å². The molecule has 0 aliphatic rings. The summed E-state index contributed by atoms with van der Waals surface area (Å²) in [5, 5.41) is 2.67. The minimum absolute atomic E-state index is 0.344. The molecule has 20 heavy (non-hydrogen) atoms. The Balaban J connectivity index is 2.25. The smallest absolute Gasteiger partial charge is 0.259 e. The maximum atomic E-state index is 12.8. The summed E-state index contributed by atoms with van der Waals surface area (Å²) in [5.41, 5.74) is 7.05. The van der Waals surface area contributed by atoms with Crippen molar-refractivity contribution in [2.75, 3.05) is 17.7 Å². The second-order valence-electron chi connectivity index (χ2n) is 4.12. The normalized spacial score (nSPS) is 10.1. The lowest BCUT2D eigenvalue weighted by atomic mass is 10.1. The van der Waals surface area contributed by atoms with Crippen molar-refractivity contribution in [1.29, 1.82) is 0 Å². The van der Waals surface area contributed by atoms with Gasteiger partial charge in [-0.25, -0.2) is 4.39 Å². The quantitative estimate of drug-likeness (QED) is 0.842. The van der Waals surface area contributed by atoms with E-state index in [0.717, 1.165) is 0 Å². The van der Waals surface area contributed by atoms with E-state index in [1.165, 1.54) is 24.3 Å². The minimum atomic E-state index is -0.359. The highest BCUT2D eigenvalue weighted by Gasteiger charge is 2.15. The van der Waals surface area contributed by atoms with Gasteiger partial charge < -0.3 is 15.8 Å². The molecule has 0 spiro atoms. The Morgan fingerprint density at radius 2 is 1.95 bits per heavy atom. The van der Waals surface area contributed by atoms with Crippen molar-refractivity contribution in [2.24, 2.45) is 0 Å². The van der Waals surface area contributed by atoms with Gasteiger partial charge in [0, 0.05) is 5.69 Å². The molecule has 3 N–H and O–H groups in total. The molecule has 0 saturated heterocycles. The summed E-state index contributed by atoms with van der Waals surface area (Å²) >= 11 is 0. The van der Waals surface area contributed by atoms with Gasteiger partial charge in [-0.2, -0.15) is 0 Å². The lowest BCUT2D eigenvalue weighted by Crippen LogP contribution is -2.14. The number of benzene rings is 2. The first-order valence-corrected chi connectivity index (χ1v) is 6.20. The summed E-state index contributed by atoms with van der Waals surface area (Å²) < 4.78 is 18.2. The van der Waals surface area contributed by atoms with Gasteiger partial charge in [-0.3, -0.25) is 4.79 Å². The highest BCUT2D eigenvalue weighted by atomic mass is 19.1. The molecule has 0 saturated carbocycles. The summed E-state index contributed by atoms with van der Waals surface area (Å²) in [4.78, 5) is 12.2. The number of nitrogens with two attached hydrogens (primary N) is 1. The van der Waals surface area contributed by atoms with Crippen molar-refractivity contribution in [3.8, 4) is 5.75 Å². The Hall–Kier alpha value is -2.56. The van der Waals surface area contributed by atoms with Crippen molar-refractivity contribution in [2.45, 2.75) is 6.92 Å². The molecule has 1 amide bonds. The highest BCUT2D eigenvalue weighted by molar-refractivity contribution is 6.07. The molecule has 2 aromatic rings. The van der Waals surface area contributed by atoms with E-state index in [4.69, 9.17) is 10.5 Å². The number of carbonyl (C=O) groups excluding carboxylic acids is 1. The zero-order valence-electron chi connectivity index (χ0n) is 11.0. The van der Waals surface area contributed by atoms with Gasteiger partial charge in [0.15, 0.2) is 5.75 Å². The van der Waals surface area contributed by atoms with E-state index in [-0.39, 0.29) is 11.7 Å². The number of para-hydroxylation sites is 1. The van der Waals surface area contributed by atoms with Gasteiger partial charge >= 0.3 is 0 Å². The largest absolute Gasteiger partial charge is 0.491 e. The molecule has 2 rings (SSSR count). The molecule has 0 aliphatic heterocycles. The van der Waals surface area contributed by atoms with Crippen LogP contribution in [0.4, 0.5) is 15.8 Å². The number of hydrogen-bond donors (Lipinski definition) is 2. The number of amides is 1. The average molecular weight is 274 g/mol. The van der Waals surface area contributed by atoms with Gasteiger partial charge in [-0.05, 0) is 43.3 Å². The van der Waals surface area contributed by atoms with Crippen LogP contribution in [0.1, 0.15) is 17.3 Å². The number of nitrogens with one attached hydrogen (secondary N) is 1. The van der Waals surface area contributed by atoms with Crippen LogP contribution in [-0.4, -0.2) is 12.5 Å². The van der Waals surface area contributed by atoms with Crippen LogP contribution in [0.15, 0.2) is 42.5 Å². The molecule has 0 aliphatic carbocycles. The van der Waals surface area contributed by atoms with E-state index in [0.29, 0.717) is 29.3 Å². The number of anilines is 2. The fourth-order valence-electron chi connectivity index (χ4n) is 1.77. The third-order valence-corrected chi connectivity index (χ3v) is 2.68.